The van der Waals surface area contributed by atoms with Crippen molar-refractivity contribution >= 4 is 37.4 Å². The molecule has 1 unspecified atom stereocenters. The second-order valence-electron chi connectivity index (χ2n) is 4.47. The van der Waals surface area contributed by atoms with Gasteiger partial charge in [-0.3, -0.25) is 0 Å². The Morgan fingerprint density at radius 1 is 1.00 bits per heavy atom. The van der Waals surface area contributed by atoms with Crippen molar-refractivity contribution in [2.24, 2.45) is 0 Å². The number of rotatable bonds is 2. The minimum Gasteiger partial charge on any atom is -0.383 e. The Hall–Kier alpha value is -1.37. The SMILES string of the molecule is OC(c1ccc(F)c(F)c1F)c1csc2c(Br)cccc12. The van der Waals surface area contributed by atoms with Gasteiger partial charge in [0, 0.05) is 20.3 Å². The Morgan fingerprint density at radius 2 is 1.76 bits per heavy atom. The van der Waals surface area contributed by atoms with Gasteiger partial charge in [-0.2, -0.15) is 0 Å². The fraction of sp³-hybridized carbons (Fsp3) is 0.0667. The first kappa shape index (κ1) is 14.6. The molecule has 0 bridgehead atoms. The number of halogens is 4. The zero-order chi connectivity index (χ0) is 15.1. The molecule has 1 aromatic heterocycles. The first-order valence-corrected chi connectivity index (χ1v) is 7.65. The molecule has 1 nitrogen and oxygen atoms in total. The number of thiophene rings is 1. The van der Waals surface area contributed by atoms with Gasteiger partial charge in [-0.05, 0) is 38.8 Å². The zero-order valence-electron chi connectivity index (χ0n) is 10.4. The molecule has 1 atom stereocenters. The van der Waals surface area contributed by atoms with Crippen LogP contribution in [0.3, 0.4) is 0 Å². The second-order valence-corrected chi connectivity index (χ2v) is 6.21. The third-order valence-corrected chi connectivity index (χ3v) is 5.21. The van der Waals surface area contributed by atoms with Gasteiger partial charge < -0.3 is 5.11 Å². The summed E-state index contributed by atoms with van der Waals surface area (Å²) in [6.45, 7) is 0. The molecule has 0 aliphatic rings. The van der Waals surface area contributed by atoms with Crippen molar-refractivity contribution in [1.82, 2.24) is 0 Å². The molecule has 2 aromatic carbocycles. The summed E-state index contributed by atoms with van der Waals surface area (Å²) in [5.41, 5.74) is 0.176. The average molecular weight is 373 g/mol. The van der Waals surface area contributed by atoms with Crippen LogP contribution in [0.2, 0.25) is 0 Å². The van der Waals surface area contributed by atoms with Crippen LogP contribution in [0.25, 0.3) is 10.1 Å². The quantitative estimate of drug-likeness (QED) is 0.615. The van der Waals surface area contributed by atoms with Crippen LogP contribution in [0.5, 0.6) is 0 Å². The van der Waals surface area contributed by atoms with E-state index in [2.05, 4.69) is 15.9 Å². The summed E-state index contributed by atoms with van der Waals surface area (Å²) in [6.07, 6.45) is -1.36. The fourth-order valence-corrected chi connectivity index (χ4v) is 3.81. The summed E-state index contributed by atoms with van der Waals surface area (Å²) in [5.74, 6) is -4.22. The monoisotopic (exact) mass is 372 g/mol. The van der Waals surface area contributed by atoms with Crippen LogP contribution >= 0.6 is 27.3 Å². The smallest absolute Gasteiger partial charge is 0.194 e. The molecule has 0 amide bonds. The predicted octanol–water partition coefficient (Wildman–Crippen LogP) is 5.16. The van der Waals surface area contributed by atoms with Gasteiger partial charge >= 0.3 is 0 Å². The van der Waals surface area contributed by atoms with E-state index in [-0.39, 0.29) is 5.56 Å². The third-order valence-electron chi connectivity index (χ3n) is 3.24. The highest BCUT2D eigenvalue weighted by atomic mass is 79.9. The fourth-order valence-electron chi connectivity index (χ4n) is 2.17. The second kappa shape index (κ2) is 5.44. The standard InChI is InChI=1S/C15H8BrF3OS/c16-10-3-1-2-7-9(6-21-15(7)10)14(20)8-4-5-11(17)13(19)12(8)18/h1-6,14,20H. The molecule has 0 saturated carbocycles. The van der Waals surface area contributed by atoms with E-state index in [4.69, 9.17) is 0 Å². The molecular weight excluding hydrogens is 365 g/mol. The third kappa shape index (κ3) is 2.37. The molecule has 108 valence electrons. The lowest BCUT2D eigenvalue weighted by Gasteiger charge is -2.12. The van der Waals surface area contributed by atoms with Crippen LogP contribution in [0, 0.1) is 17.5 Å². The van der Waals surface area contributed by atoms with Crippen molar-refractivity contribution in [2.75, 3.05) is 0 Å². The van der Waals surface area contributed by atoms with Gasteiger partial charge in [-0.15, -0.1) is 11.3 Å². The van der Waals surface area contributed by atoms with Gasteiger partial charge in [0.15, 0.2) is 17.5 Å². The number of fused-ring (bicyclic) bond motifs is 1. The summed E-state index contributed by atoms with van der Waals surface area (Å²) >= 11 is 4.78. The van der Waals surface area contributed by atoms with Gasteiger partial charge in [0.25, 0.3) is 0 Å². The van der Waals surface area contributed by atoms with Crippen LogP contribution in [0.4, 0.5) is 13.2 Å². The molecule has 0 saturated heterocycles. The van der Waals surface area contributed by atoms with Gasteiger partial charge in [0.1, 0.15) is 6.10 Å². The Bertz CT molecular complexity index is 831. The number of hydrogen-bond donors (Lipinski definition) is 1. The highest BCUT2D eigenvalue weighted by Gasteiger charge is 2.23. The van der Waals surface area contributed by atoms with E-state index in [9.17, 15) is 18.3 Å². The summed E-state index contributed by atoms with van der Waals surface area (Å²) in [5, 5.41) is 12.8. The largest absolute Gasteiger partial charge is 0.383 e. The number of aliphatic hydroxyl groups is 1. The molecule has 3 aromatic rings. The van der Waals surface area contributed by atoms with Gasteiger partial charge in [0.05, 0.1) is 0 Å². The summed E-state index contributed by atoms with van der Waals surface area (Å²) in [7, 11) is 0. The van der Waals surface area contributed by atoms with Crippen LogP contribution in [-0.4, -0.2) is 5.11 Å². The molecule has 0 radical (unpaired) electrons. The molecule has 0 fully saturated rings. The lowest BCUT2D eigenvalue weighted by atomic mass is 10.00. The molecule has 0 aliphatic carbocycles. The maximum Gasteiger partial charge on any atom is 0.194 e. The minimum absolute atomic E-state index is 0.284. The van der Waals surface area contributed by atoms with E-state index < -0.39 is 23.6 Å². The van der Waals surface area contributed by atoms with E-state index in [0.29, 0.717) is 5.56 Å². The van der Waals surface area contributed by atoms with Crippen molar-refractivity contribution in [3.63, 3.8) is 0 Å². The molecular formula is C15H8BrF3OS. The van der Waals surface area contributed by atoms with E-state index in [1.54, 1.807) is 17.5 Å². The van der Waals surface area contributed by atoms with E-state index in [0.717, 1.165) is 26.7 Å². The Labute approximate surface area is 130 Å². The lowest BCUT2D eigenvalue weighted by molar-refractivity contribution is 0.214. The van der Waals surface area contributed by atoms with E-state index in [1.807, 2.05) is 6.07 Å². The minimum atomic E-state index is -1.58. The van der Waals surface area contributed by atoms with Crippen LogP contribution in [-0.2, 0) is 0 Å². The molecule has 6 heteroatoms. The van der Waals surface area contributed by atoms with Crippen molar-refractivity contribution in [3.05, 3.63) is 68.8 Å². The number of aliphatic hydroxyl groups excluding tert-OH is 1. The first-order valence-electron chi connectivity index (χ1n) is 5.97. The lowest BCUT2D eigenvalue weighted by Crippen LogP contribution is -2.05. The molecule has 1 heterocycles. The normalized spacial score (nSPS) is 12.8. The van der Waals surface area contributed by atoms with Crippen LogP contribution in [0.15, 0.2) is 40.2 Å². The van der Waals surface area contributed by atoms with Crippen molar-refractivity contribution < 1.29 is 18.3 Å². The predicted molar refractivity (Wildman–Crippen MR) is 79.9 cm³/mol. The Kier molecular flexibility index (Phi) is 3.77. The average Bonchev–Trinajstić information content (AvgIpc) is 2.90. The van der Waals surface area contributed by atoms with Crippen molar-refractivity contribution in [3.8, 4) is 0 Å². The zero-order valence-corrected chi connectivity index (χ0v) is 12.8. The van der Waals surface area contributed by atoms with E-state index >= 15 is 0 Å². The van der Waals surface area contributed by atoms with E-state index in [1.165, 1.54) is 11.3 Å². The summed E-state index contributed by atoms with van der Waals surface area (Å²) < 4.78 is 41.8. The van der Waals surface area contributed by atoms with Crippen LogP contribution in [0.1, 0.15) is 17.2 Å². The molecule has 1 N–H and O–H groups in total. The summed E-state index contributed by atoms with van der Waals surface area (Å²) in [4.78, 5) is 0. The number of benzene rings is 2. The molecule has 21 heavy (non-hydrogen) atoms. The first-order chi connectivity index (χ1) is 10.0. The molecule has 0 spiro atoms. The Balaban J connectivity index is 2.15. The maximum atomic E-state index is 13.8. The number of hydrogen-bond acceptors (Lipinski definition) is 2. The van der Waals surface area contributed by atoms with Gasteiger partial charge in [0.2, 0.25) is 0 Å². The Morgan fingerprint density at radius 3 is 2.52 bits per heavy atom. The highest BCUT2D eigenvalue weighted by molar-refractivity contribution is 9.10. The van der Waals surface area contributed by atoms with Gasteiger partial charge in [-0.1, -0.05) is 18.2 Å². The molecule has 3 rings (SSSR count). The summed E-state index contributed by atoms with van der Waals surface area (Å²) in [6, 6.07) is 7.29. The van der Waals surface area contributed by atoms with Crippen molar-refractivity contribution in [2.45, 2.75) is 6.10 Å². The van der Waals surface area contributed by atoms with Crippen molar-refractivity contribution in [1.29, 1.82) is 0 Å². The molecule has 0 aliphatic heterocycles. The van der Waals surface area contributed by atoms with Crippen LogP contribution < -0.4 is 0 Å². The highest BCUT2D eigenvalue weighted by Crippen LogP contribution is 2.38. The maximum absolute atomic E-state index is 13.8. The van der Waals surface area contributed by atoms with Gasteiger partial charge in [-0.25, -0.2) is 13.2 Å². The topological polar surface area (TPSA) is 20.2 Å².